The van der Waals surface area contributed by atoms with Crippen LogP contribution >= 0.6 is 0 Å². The Bertz CT molecular complexity index is 521. The maximum atomic E-state index is 12.5. The van der Waals surface area contributed by atoms with E-state index in [1.54, 1.807) is 0 Å². The standard InChI is InChI=1S/C16H26N4O/c1-16(2,3)13-8-11(9-14(17-4)19-13)15(21)18-12-6-7-20(5)10-12/h8-9,12H,6-7,10H2,1-5H3,(H,17,19)(H,18,21). The van der Waals surface area contributed by atoms with Crippen LogP contribution < -0.4 is 10.6 Å². The van der Waals surface area contributed by atoms with Crippen molar-refractivity contribution in [2.45, 2.75) is 38.6 Å². The molecule has 1 saturated heterocycles. The number of carbonyl (C=O) groups excluding carboxylic acids is 1. The Kier molecular flexibility index (Phi) is 4.52. The summed E-state index contributed by atoms with van der Waals surface area (Å²) in [6.07, 6.45) is 1.01. The Morgan fingerprint density at radius 1 is 1.38 bits per heavy atom. The average molecular weight is 290 g/mol. The molecule has 1 aromatic heterocycles. The fourth-order valence-corrected chi connectivity index (χ4v) is 2.50. The molecule has 0 radical (unpaired) electrons. The van der Waals surface area contributed by atoms with Crippen LogP contribution in [0.3, 0.4) is 0 Å². The van der Waals surface area contributed by atoms with Gasteiger partial charge in [-0.2, -0.15) is 0 Å². The lowest BCUT2D eigenvalue weighted by Crippen LogP contribution is -2.36. The molecule has 1 unspecified atom stereocenters. The largest absolute Gasteiger partial charge is 0.373 e. The van der Waals surface area contributed by atoms with Crippen LogP contribution in [-0.4, -0.2) is 49.0 Å². The number of pyridine rings is 1. The maximum absolute atomic E-state index is 12.5. The van der Waals surface area contributed by atoms with Crippen LogP contribution in [0.25, 0.3) is 0 Å². The van der Waals surface area contributed by atoms with Gasteiger partial charge in [-0.3, -0.25) is 4.79 Å². The second-order valence-corrected chi connectivity index (χ2v) is 6.85. The highest BCUT2D eigenvalue weighted by Gasteiger charge is 2.23. The molecule has 5 heteroatoms. The number of nitrogens with one attached hydrogen (secondary N) is 2. The first-order valence-electron chi connectivity index (χ1n) is 7.49. The monoisotopic (exact) mass is 290 g/mol. The van der Waals surface area contributed by atoms with Gasteiger partial charge in [0, 0.05) is 36.3 Å². The van der Waals surface area contributed by atoms with Crippen molar-refractivity contribution in [3.63, 3.8) is 0 Å². The molecule has 1 fully saturated rings. The molecule has 1 aromatic rings. The molecule has 21 heavy (non-hydrogen) atoms. The average Bonchev–Trinajstić information content (AvgIpc) is 2.82. The van der Waals surface area contributed by atoms with Crippen LogP contribution in [0.15, 0.2) is 12.1 Å². The van der Waals surface area contributed by atoms with Gasteiger partial charge in [-0.1, -0.05) is 20.8 Å². The van der Waals surface area contributed by atoms with E-state index >= 15 is 0 Å². The van der Waals surface area contributed by atoms with E-state index in [4.69, 9.17) is 0 Å². The fraction of sp³-hybridized carbons (Fsp3) is 0.625. The molecule has 5 nitrogen and oxygen atoms in total. The van der Waals surface area contributed by atoms with E-state index in [0.717, 1.165) is 31.0 Å². The van der Waals surface area contributed by atoms with Crippen molar-refractivity contribution in [1.29, 1.82) is 0 Å². The predicted octanol–water partition coefficient (Wildman–Crippen LogP) is 1.85. The van der Waals surface area contributed by atoms with Gasteiger partial charge in [0.2, 0.25) is 0 Å². The van der Waals surface area contributed by atoms with Gasteiger partial charge >= 0.3 is 0 Å². The topological polar surface area (TPSA) is 57.3 Å². The zero-order valence-corrected chi connectivity index (χ0v) is 13.7. The van der Waals surface area contributed by atoms with Crippen LogP contribution in [0.4, 0.5) is 5.82 Å². The zero-order valence-electron chi connectivity index (χ0n) is 13.7. The molecule has 1 amide bonds. The minimum Gasteiger partial charge on any atom is -0.373 e. The van der Waals surface area contributed by atoms with Crippen molar-refractivity contribution in [1.82, 2.24) is 15.2 Å². The highest BCUT2D eigenvalue weighted by Crippen LogP contribution is 2.23. The molecule has 1 aliphatic rings. The summed E-state index contributed by atoms with van der Waals surface area (Å²) in [5.74, 6) is 0.718. The van der Waals surface area contributed by atoms with Crippen molar-refractivity contribution >= 4 is 11.7 Å². The minimum atomic E-state index is -0.0878. The number of amides is 1. The van der Waals surface area contributed by atoms with Gasteiger partial charge in [0.05, 0.1) is 0 Å². The Balaban J connectivity index is 2.20. The normalized spacial score (nSPS) is 19.6. The quantitative estimate of drug-likeness (QED) is 0.892. The number of carbonyl (C=O) groups is 1. The first kappa shape index (κ1) is 15.8. The Hall–Kier alpha value is -1.62. The third-order valence-electron chi connectivity index (χ3n) is 3.84. The van der Waals surface area contributed by atoms with Crippen LogP contribution in [-0.2, 0) is 5.41 Å². The Morgan fingerprint density at radius 2 is 2.10 bits per heavy atom. The predicted molar refractivity (Wildman–Crippen MR) is 85.9 cm³/mol. The van der Waals surface area contributed by atoms with Crippen molar-refractivity contribution in [2.75, 3.05) is 32.5 Å². The molecule has 1 atom stereocenters. The lowest BCUT2D eigenvalue weighted by molar-refractivity contribution is 0.0938. The first-order chi connectivity index (χ1) is 9.79. The third kappa shape index (κ3) is 3.94. The summed E-state index contributed by atoms with van der Waals surface area (Å²) in [4.78, 5) is 19.3. The van der Waals surface area contributed by atoms with Gasteiger partial charge < -0.3 is 15.5 Å². The van der Waals surface area contributed by atoms with E-state index in [2.05, 4.69) is 48.3 Å². The van der Waals surface area contributed by atoms with Gasteiger partial charge in [-0.25, -0.2) is 4.98 Å². The second kappa shape index (κ2) is 6.02. The minimum absolute atomic E-state index is 0.0142. The summed E-state index contributed by atoms with van der Waals surface area (Å²) in [5, 5.41) is 6.16. The van der Waals surface area contributed by atoms with Crippen molar-refractivity contribution in [3.8, 4) is 0 Å². The summed E-state index contributed by atoms with van der Waals surface area (Å²) in [6.45, 7) is 8.26. The number of hydrogen-bond acceptors (Lipinski definition) is 4. The molecule has 0 saturated carbocycles. The molecule has 116 valence electrons. The van der Waals surface area contributed by atoms with Gasteiger partial charge in [0.1, 0.15) is 5.82 Å². The number of hydrogen-bond donors (Lipinski definition) is 2. The molecular formula is C16H26N4O. The Labute approximate surface area is 127 Å². The number of nitrogens with zero attached hydrogens (tertiary/aromatic N) is 2. The summed E-state index contributed by atoms with van der Waals surface area (Å²) in [5.41, 5.74) is 1.51. The van der Waals surface area contributed by atoms with E-state index in [-0.39, 0.29) is 17.4 Å². The van der Waals surface area contributed by atoms with Crippen molar-refractivity contribution < 1.29 is 4.79 Å². The SMILES string of the molecule is CNc1cc(C(=O)NC2CCN(C)C2)cc(C(C)(C)C)n1. The fourth-order valence-electron chi connectivity index (χ4n) is 2.50. The molecular weight excluding hydrogens is 264 g/mol. The number of aromatic nitrogens is 1. The number of rotatable bonds is 3. The van der Waals surface area contributed by atoms with E-state index in [1.165, 1.54) is 0 Å². The molecule has 0 bridgehead atoms. The van der Waals surface area contributed by atoms with E-state index in [1.807, 2.05) is 19.2 Å². The van der Waals surface area contributed by atoms with Crippen molar-refractivity contribution in [3.05, 3.63) is 23.4 Å². The smallest absolute Gasteiger partial charge is 0.251 e. The molecule has 0 aromatic carbocycles. The third-order valence-corrected chi connectivity index (χ3v) is 3.84. The summed E-state index contributed by atoms with van der Waals surface area (Å²) in [7, 11) is 3.90. The summed E-state index contributed by atoms with van der Waals surface area (Å²) >= 11 is 0. The van der Waals surface area contributed by atoms with Crippen LogP contribution in [0.5, 0.6) is 0 Å². The number of likely N-dealkylation sites (N-methyl/N-ethyl adjacent to an activating group) is 1. The molecule has 0 spiro atoms. The van der Waals surface area contributed by atoms with Gasteiger partial charge in [0.25, 0.3) is 5.91 Å². The van der Waals surface area contributed by atoms with E-state index in [0.29, 0.717) is 5.56 Å². The molecule has 2 rings (SSSR count). The van der Waals surface area contributed by atoms with E-state index < -0.39 is 0 Å². The molecule has 2 N–H and O–H groups in total. The van der Waals surface area contributed by atoms with Crippen LogP contribution in [0.2, 0.25) is 0 Å². The lowest BCUT2D eigenvalue weighted by atomic mass is 9.90. The molecule has 1 aliphatic heterocycles. The zero-order chi connectivity index (χ0) is 15.6. The summed E-state index contributed by atoms with van der Waals surface area (Å²) in [6, 6.07) is 3.95. The molecule has 0 aliphatic carbocycles. The summed E-state index contributed by atoms with van der Waals surface area (Å²) < 4.78 is 0. The highest BCUT2D eigenvalue weighted by atomic mass is 16.1. The lowest BCUT2D eigenvalue weighted by Gasteiger charge is -2.20. The van der Waals surface area contributed by atoms with Gasteiger partial charge in [-0.05, 0) is 32.1 Å². The molecule has 2 heterocycles. The second-order valence-electron chi connectivity index (χ2n) is 6.85. The van der Waals surface area contributed by atoms with E-state index in [9.17, 15) is 4.79 Å². The van der Waals surface area contributed by atoms with Crippen LogP contribution in [0, 0.1) is 0 Å². The first-order valence-corrected chi connectivity index (χ1v) is 7.49. The van der Waals surface area contributed by atoms with Gasteiger partial charge in [0.15, 0.2) is 0 Å². The highest BCUT2D eigenvalue weighted by molar-refractivity contribution is 5.95. The van der Waals surface area contributed by atoms with Gasteiger partial charge in [-0.15, -0.1) is 0 Å². The van der Waals surface area contributed by atoms with Crippen LogP contribution in [0.1, 0.15) is 43.2 Å². The number of anilines is 1. The number of likely N-dealkylation sites (tertiary alicyclic amines) is 1. The Morgan fingerprint density at radius 3 is 2.62 bits per heavy atom. The maximum Gasteiger partial charge on any atom is 0.251 e. The van der Waals surface area contributed by atoms with Crippen molar-refractivity contribution in [2.24, 2.45) is 0 Å².